The van der Waals surface area contributed by atoms with Crippen molar-refractivity contribution in [2.75, 3.05) is 6.54 Å². The Labute approximate surface area is 127 Å². The summed E-state index contributed by atoms with van der Waals surface area (Å²) in [5, 5.41) is 2.52. The molecule has 0 unspecified atom stereocenters. The molecule has 2 nitrogen and oxygen atoms in total. The molecule has 0 aromatic heterocycles. The summed E-state index contributed by atoms with van der Waals surface area (Å²) in [6, 6.07) is 15.3. The molecule has 0 amide bonds. The maximum atomic E-state index is 12.0. The first-order valence-electron chi connectivity index (χ1n) is 7.72. The summed E-state index contributed by atoms with van der Waals surface area (Å²) in [6.07, 6.45) is 0. The third kappa shape index (κ3) is 4.15. The molecule has 0 N–H and O–H groups in total. The average molecular weight is 283 g/mol. The van der Waals surface area contributed by atoms with Crippen molar-refractivity contribution < 1.29 is 4.79 Å². The maximum absolute atomic E-state index is 12.0. The summed E-state index contributed by atoms with van der Waals surface area (Å²) in [4.78, 5) is 14.3. The molecular weight excluding hydrogens is 258 g/mol. The molecule has 0 bridgehead atoms. The number of ketones is 1. The number of hydrogen-bond acceptors (Lipinski definition) is 2. The number of carbonyl (C=O) groups excluding carboxylic acids is 1. The number of carbonyl (C=O) groups is 1. The molecule has 2 heteroatoms. The molecule has 0 heterocycles. The van der Waals surface area contributed by atoms with E-state index < -0.39 is 0 Å². The van der Waals surface area contributed by atoms with Crippen LogP contribution in [0.3, 0.4) is 0 Å². The van der Waals surface area contributed by atoms with E-state index in [2.05, 4.69) is 61.2 Å². The third-order valence-corrected chi connectivity index (χ3v) is 3.93. The van der Waals surface area contributed by atoms with E-state index in [1.165, 1.54) is 16.3 Å². The lowest BCUT2D eigenvalue weighted by atomic mass is 10.0. The van der Waals surface area contributed by atoms with Gasteiger partial charge in [0, 0.05) is 18.5 Å². The molecule has 0 atom stereocenters. The zero-order chi connectivity index (χ0) is 15.4. The highest BCUT2D eigenvalue weighted by Crippen LogP contribution is 2.18. The van der Waals surface area contributed by atoms with Crippen LogP contribution in [0, 0.1) is 5.92 Å². The van der Waals surface area contributed by atoms with E-state index in [9.17, 15) is 4.79 Å². The van der Waals surface area contributed by atoms with Gasteiger partial charge >= 0.3 is 0 Å². The Hall–Kier alpha value is -1.67. The molecule has 112 valence electrons. The van der Waals surface area contributed by atoms with Gasteiger partial charge in [-0.15, -0.1) is 0 Å². The normalized spacial score (nSPS) is 11.8. The van der Waals surface area contributed by atoms with Crippen LogP contribution in [0.2, 0.25) is 0 Å². The molecule has 0 saturated carbocycles. The van der Waals surface area contributed by atoms with Crippen LogP contribution in [0.15, 0.2) is 42.5 Å². The number of fused-ring (bicyclic) bond motifs is 1. The molecule has 0 aliphatic rings. The summed E-state index contributed by atoms with van der Waals surface area (Å²) in [5.41, 5.74) is 1.26. The molecule has 0 aliphatic carbocycles. The number of benzene rings is 2. The van der Waals surface area contributed by atoms with E-state index in [1.54, 1.807) is 0 Å². The van der Waals surface area contributed by atoms with E-state index in [-0.39, 0.29) is 5.92 Å². The first kappa shape index (κ1) is 15.7. The van der Waals surface area contributed by atoms with Gasteiger partial charge in [0.2, 0.25) is 0 Å². The lowest BCUT2D eigenvalue weighted by molar-refractivity contribution is -0.123. The van der Waals surface area contributed by atoms with Gasteiger partial charge in [-0.2, -0.15) is 0 Å². The van der Waals surface area contributed by atoms with Crippen molar-refractivity contribution in [1.82, 2.24) is 4.90 Å². The topological polar surface area (TPSA) is 20.3 Å². The van der Waals surface area contributed by atoms with Crippen LogP contribution < -0.4 is 0 Å². The van der Waals surface area contributed by atoms with Gasteiger partial charge in [-0.05, 0) is 36.2 Å². The van der Waals surface area contributed by atoms with Gasteiger partial charge in [-0.3, -0.25) is 9.69 Å². The fraction of sp³-hybridized carbons (Fsp3) is 0.421. The summed E-state index contributed by atoms with van der Waals surface area (Å²) >= 11 is 0. The van der Waals surface area contributed by atoms with Crippen molar-refractivity contribution in [3.8, 4) is 0 Å². The summed E-state index contributed by atoms with van der Waals surface area (Å²) in [5.74, 6) is 0.410. The van der Waals surface area contributed by atoms with Crippen molar-refractivity contribution in [1.29, 1.82) is 0 Å². The standard InChI is InChI=1S/C19H25NO/c1-14(2)19(21)13-20(15(3)4)12-16-9-10-17-7-5-6-8-18(17)11-16/h5-11,14-15H,12-13H2,1-4H3. The van der Waals surface area contributed by atoms with Crippen LogP contribution in [0.4, 0.5) is 0 Å². The van der Waals surface area contributed by atoms with Crippen LogP contribution in [0.5, 0.6) is 0 Å². The van der Waals surface area contributed by atoms with E-state index in [0.717, 1.165) is 6.54 Å². The second-order valence-electron chi connectivity index (χ2n) is 6.30. The van der Waals surface area contributed by atoms with Crippen molar-refractivity contribution in [3.63, 3.8) is 0 Å². The SMILES string of the molecule is CC(C)C(=O)CN(Cc1ccc2ccccc2c1)C(C)C. The number of hydrogen-bond donors (Lipinski definition) is 0. The van der Waals surface area contributed by atoms with E-state index in [4.69, 9.17) is 0 Å². The van der Waals surface area contributed by atoms with Crippen molar-refractivity contribution in [2.24, 2.45) is 5.92 Å². The lowest BCUT2D eigenvalue weighted by Crippen LogP contribution is -2.36. The van der Waals surface area contributed by atoms with Crippen LogP contribution in [-0.2, 0) is 11.3 Å². The van der Waals surface area contributed by atoms with E-state index in [1.807, 2.05) is 13.8 Å². The van der Waals surface area contributed by atoms with Gasteiger partial charge in [0.25, 0.3) is 0 Å². The van der Waals surface area contributed by atoms with E-state index >= 15 is 0 Å². The Bertz CT molecular complexity index is 616. The van der Waals surface area contributed by atoms with Crippen LogP contribution in [0.25, 0.3) is 10.8 Å². The minimum atomic E-state index is 0.0999. The van der Waals surface area contributed by atoms with Crippen molar-refractivity contribution in [3.05, 3.63) is 48.0 Å². The molecule has 2 aromatic rings. The lowest BCUT2D eigenvalue weighted by Gasteiger charge is -2.26. The molecule has 0 saturated heterocycles. The molecular formula is C19H25NO. The second-order valence-corrected chi connectivity index (χ2v) is 6.30. The van der Waals surface area contributed by atoms with Crippen LogP contribution in [0.1, 0.15) is 33.3 Å². The zero-order valence-corrected chi connectivity index (χ0v) is 13.5. The first-order chi connectivity index (χ1) is 9.97. The monoisotopic (exact) mass is 283 g/mol. The van der Waals surface area contributed by atoms with E-state index in [0.29, 0.717) is 18.4 Å². The van der Waals surface area contributed by atoms with Crippen molar-refractivity contribution in [2.45, 2.75) is 40.3 Å². The minimum Gasteiger partial charge on any atom is -0.298 e. The van der Waals surface area contributed by atoms with Gasteiger partial charge in [0.15, 0.2) is 0 Å². The second kappa shape index (κ2) is 6.86. The third-order valence-electron chi connectivity index (χ3n) is 3.93. The minimum absolute atomic E-state index is 0.0999. The largest absolute Gasteiger partial charge is 0.298 e. The maximum Gasteiger partial charge on any atom is 0.149 e. The molecule has 0 radical (unpaired) electrons. The highest BCUT2D eigenvalue weighted by atomic mass is 16.1. The Morgan fingerprint density at radius 3 is 2.29 bits per heavy atom. The Kier molecular flexibility index (Phi) is 5.13. The number of rotatable bonds is 6. The molecule has 0 fully saturated rings. The predicted octanol–water partition coefficient (Wildman–Crippen LogP) is 4.28. The Balaban J connectivity index is 2.16. The average Bonchev–Trinajstić information content (AvgIpc) is 2.46. The van der Waals surface area contributed by atoms with Gasteiger partial charge in [0.1, 0.15) is 5.78 Å². The summed E-state index contributed by atoms with van der Waals surface area (Å²) in [7, 11) is 0. The fourth-order valence-electron chi connectivity index (χ4n) is 2.38. The molecule has 0 spiro atoms. The van der Waals surface area contributed by atoms with Gasteiger partial charge in [-0.1, -0.05) is 50.2 Å². The van der Waals surface area contributed by atoms with Gasteiger partial charge in [0.05, 0.1) is 6.54 Å². The predicted molar refractivity (Wildman–Crippen MR) is 89.3 cm³/mol. The molecule has 21 heavy (non-hydrogen) atoms. The van der Waals surface area contributed by atoms with Gasteiger partial charge in [-0.25, -0.2) is 0 Å². The highest BCUT2D eigenvalue weighted by Gasteiger charge is 2.16. The summed E-state index contributed by atoms with van der Waals surface area (Å²) < 4.78 is 0. The zero-order valence-electron chi connectivity index (χ0n) is 13.5. The smallest absolute Gasteiger partial charge is 0.149 e. The molecule has 2 rings (SSSR count). The van der Waals surface area contributed by atoms with Gasteiger partial charge < -0.3 is 0 Å². The molecule has 0 aliphatic heterocycles. The fourth-order valence-corrected chi connectivity index (χ4v) is 2.38. The van der Waals surface area contributed by atoms with Crippen molar-refractivity contribution >= 4 is 16.6 Å². The Morgan fingerprint density at radius 1 is 1.00 bits per heavy atom. The van der Waals surface area contributed by atoms with Crippen LogP contribution in [-0.4, -0.2) is 23.3 Å². The number of nitrogens with zero attached hydrogens (tertiary/aromatic N) is 1. The van der Waals surface area contributed by atoms with Crippen LogP contribution >= 0.6 is 0 Å². The highest BCUT2D eigenvalue weighted by molar-refractivity contribution is 5.83. The Morgan fingerprint density at radius 2 is 1.67 bits per heavy atom. The number of Topliss-reactive ketones (excluding diaryl/α,β-unsaturated/α-hetero) is 1. The molecule has 2 aromatic carbocycles. The first-order valence-corrected chi connectivity index (χ1v) is 7.72. The summed E-state index contributed by atoms with van der Waals surface area (Å²) in [6.45, 7) is 9.58. The quantitative estimate of drug-likeness (QED) is 0.789.